The third-order valence-electron chi connectivity index (χ3n) is 3.89. The Morgan fingerprint density at radius 2 is 2.33 bits per heavy atom. The van der Waals surface area contributed by atoms with Gasteiger partial charge in [-0.1, -0.05) is 24.9 Å². The summed E-state index contributed by atoms with van der Waals surface area (Å²) < 4.78 is 10.2. The molecule has 0 amide bonds. The largest absolute Gasteiger partial charge is 0.433 e. The highest BCUT2D eigenvalue weighted by Gasteiger charge is 2.37. The van der Waals surface area contributed by atoms with Crippen LogP contribution in [0, 0.1) is 16.0 Å². The predicted octanol–water partition coefficient (Wildman–Crippen LogP) is 2.60. The van der Waals surface area contributed by atoms with E-state index in [-0.39, 0.29) is 17.5 Å². The molecule has 2 unspecified atom stereocenters. The molecule has 0 saturated heterocycles. The molecule has 0 radical (unpaired) electrons. The van der Waals surface area contributed by atoms with Crippen molar-refractivity contribution in [3.05, 3.63) is 28.1 Å². The fourth-order valence-electron chi connectivity index (χ4n) is 2.86. The van der Waals surface area contributed by atoms with E-state index in [1.807, 2.05) is 0 Å². The Balaban J connectivity index is 1.87. The first kappa shape index (κ1) is 13.7. The summed E-state index contributed by atoms with van der Waals surface area (Å²) in [5, 5.41) is 14.5. The van der Waals surface area contributed by atoms with Gasteiger partial charge < -0.3 is 14.7 Å². The lowest BCUT2D eigenvalue weighted by Crippen LogP contribution is -2.42. The maximum Gasteiger partial charge on any atom is 0.433 e. The Morgan fingerprint density at radius 1 is 1.52 bits per heavy atom. The van der Waals surface area contributed by atoms with Crippen molar-refractivity contribution in [1.29, 1.82) is 0 Å². The third kappa shape index (κ3) is 2.54. The maximum absolute atomic E-state index is 10.6. The van der Waals surface area contributed by atoms with E-state index in [4.69, 9.17) is 14.7 Å². The summed E-state index contributed by atoms with van der Waals surface area (Å²) in [6.07, 6.45) is 3.76. The van der Waals surface area contributed by atoms with Gasteiger partial charge >= 0.3 is 5.88 Å². The minimum absolute atomic E-state index is 0.112. The molecule has 0 aromatic carbocycles. The molecule has 1 fully saturated rings. The van der Waals surface area contributed by atoms with Crippen LogP contribution in [0.2, 0.25) is 0 Å². The summed E-state index contributed by atoms with van der Waals surface area (Å²) in [7, 11) is 0. The van der Waals surface area contributed by atoms with Crippen LogP contribution in [0.15, 0.2) is 21.1 Å². The normalized spacial score (nSPS) is 25.9. The Kier molecular flexibility index (Phi) is 3.25. The van der Waals surface area contributed by atoms with Crippen LogP contribution in [0.1, 0.15) is 38.4 Å². The SMILES string of the molecule is CC1CCCC(N)(c2noc(-c3ccc([N+](=O)[O-])o3)n2)C1. The fraction of sp³-hybridized carbons (Fsp3) is 0.538. The van der Waals surface area contributed by atoms with E-state index in [0.29, 0.717) is 11.7 Å². The van der Waals surface area contributed by atoms with Crippen LogP contribution in [0.25, 0.3) is 11.7 Å². The van der Waals surface area contributed by atoms with Crippen molar-refractivity contribution < 1.29 is 13.9 Å². The van der Waals surface area contributed by atoms with Gasteiger partial charge in [-0.15, -0.1) is 0 Å². The predicted molar refractivity (Wildman–Crippen MR) is 72.2 cm³/mol. The van der Waals surface area contributed by atoms with Gasteiger partial charge in [0.2, 0.25) is 0 Å². The first-order chi connectivity index (χ1) is 9.98. The number of nitrogens with two attached hydrogens (primary N) is 1. The lowest BCUT2D eigenvalue weighted by atomic mass is 9.76. The van der Waals surface area contributed by atoms with Gasteiger partial charge in [0.05, 0.1) is 11.6 Å². The highest BCUT2D eigenvalue weighted by atomic mass is 16.6. The molecule has 2 aromatic rings. The zero-order chi connectivity index (χ0) is 15.0. The average Bonchev–Trinajstić information content (AvgIpc) is 3.08. The molecule has 0 spiro atoms. The van der Waals surface area contributed by atoms with Gasteiger partial charge in [-0.25, -0.2) is 0 Å². The Morgan fingerprint density at radius 3 is 3.00 bits per heavy atom. The van der Waals surface area contributed by atoms with Crippen molar-refractivity contribution in [2.24, 2.45) is 11.7 Å². The molecule has 0 bridgehead atoms. The Bertz CT molecular complexity index is 665. The van der Waals surface area contributed by atoms with Gasteiger partial charge in [-0.2, -0.15) is 4.98 Å². The second-order valence-electron chi connectivity index (χ2n) is 5.68. The van der Waals surface area contributed by atoms with Crippen LogP contribution in [-0.4, -0.2) is 15.1 Å². The van der Waals surface area contributed by atoms with Crippen LogP contribution >= 0.6 is 0 Å². The van der Waals surface area contributed by atoms with Crippen molar-refractivity contribution in [1.82, 2.24) is 10.1 Å². The topological polar surface area (TPSA) is 121 Å². The first-order valence-corrected chi connectivity index (χ1v) is 6.85. The molecule has 0 aliphatic heterocycles. The van der Waals surface area contributed by atoms with Crippen molar-refractivity contribution in [3.63, 3.8) is 0 Å². The van der Waals surface area contributed by atoms with Gasteiger partial charge in [-0.3, -0.25) is 10.1 Å². The van der Waals surface area contributed by atoms with E-state index < -0.39 is 10.5 Å². The van der Waals surface area contributed by atoms with Gasteiger partial charge in [0, 0.05) is 0 Å². The molecule has 21 heavy (non-hydrogen) atoms. The smallest absolute Gasteiger partial charge is 0.395 e. The van der Waals surface area contributed by atoms with Crippen LogP contribution in [0.4, 0.5) is 5.88 Å². The van der Waals surface area contributed by atoms with Crippen LogP contribution in [0.5, 0.6) is 0 Å². The van der Waals surface area contributed by atoms with E-state index in [0.717, 1.165) is 25.7 Å². The molecule has 8 nitrogen and oxygen atoms in total. The van der Waals surface area contributed by atoms with Crippen molar-refractivity contribution >= 4 is 5.88 Å². The number of rotatable bonds is 3. The summed E-state index contributed by atoms with van der Waals surface area (Å²) in [6, 6.07) is 2.68. The molecule has 1 saturated carbocycles. The molecule has 1 aliphatic rings. The van der Waals surface area contributed by atoms with Crippen molar-refractivity contribution in [3.8, 4) is 11.7 Å². The second-order valence-corrected chi connectivity index (χ2v) is 5.68. The summed E-state index contributed by atoms with van der Waals surface area (Å²) in [6.45, 7) is 2.15. The molecule has 112 valence electrons. The van der Waals surface area contributed by atoms with E-state index >= 15 is 0 Å². The fourth-order valence-corrected chi connectivity index (χ4v) is 2.86. The average molecular weight is 292 g/mol. The standard InChI is InChI=1S/C13H16N4O4/c1-8-3-2-6-13(14,7-8)12-15-11(21-16-12)9-4-5-10(20-9)17(18)19/h4-5,8H,2-3,6-7,14H2,1H3. The maximum atomic E-state index is 10.6. The minimum atomic E-state index is -0.617. The summed E-state index contributed by atoms with van der Waals surface area (Å²) >= 11 is 0. The Labute approximate surface area is 120 Å². The molecule has 2 N–H and O–H groups in total. The zero-order valence-electron chi connectivity index (χ0n) is 11.6. The quantitative estimate of drug-likeness (QED) is 0.681. The van der Waals surface area contributed by atoms with Crippen molar-refractivity contribution in [2.45, 2.75) is 38.1 Å². The van der Waals surface area contributed by atoms with Crippen molar-refractivity contribution in [2.75, 3.05) is 0 Å². The number of furan rings is 1. The van der Waals surface area contributed by atoms with Gasteiger partial charge in [0.15, 0.2) is 11.6 Å². The molecular formula is C13H16N4O4. The lowest BCUT2D eigenvalue weighted by molar-refractivity contribution is -0.401. The molecule has 2 heterocycles. The third-order valence-corrected chi connectivity index (χ3v) is 3.89. The number of nitro groups is 1. The number of aromatic nitrogens is 2. The highest BCUT2D eigenvalue weighted by molar-refractivity contribution is 5.46. The van der Waals surface area contributed by atoms with Crippen LogP contribution < -0.4 is 5.73 Å². The highest BCUT2D eigenvalue weighted by Crippen LogP contribution is 2.37. The lowest BCUT2D eigenvalue weighted by Gasteiger charge is -2.33. The molecule has 8 heteroatoms. The molecular weight excluding hydrogens is 276 g/mol. The number of nitrogens with zero attached hydrogens (tertiary/aromatic N) is 3. The molecule has 3 rings (SSSR count). The van der Waals surface area contributed by atoms with E-state index in [1.54, 1.807) is 0 Å². The second kappa shape index (κ2) is 4.96. The van der Waals surface area contributed by atoms with Gasteiger partial charge in [0.1, 0.15) is 4.92 Å². The van der Waals surface area contributed by atoms with Gasteiger partial charge in [0.25, 0.3) is 5.89 Å². The number of hydrogen-bond donors (Lipinski definition) is 1. The molecule has 2 atom stereocenters. The van der Waals surface area contributed by atoms with Gasteiger partial charge in [-0.05, 0) is 24.8 Å². The minimum Gasteiger partial charge on any atom is -0.395 e. The summed E-state index contributed by atoms with van der Waals surface area (Å²) in [5.74, 6) is 0.867. The zero-order valence-corrected chi connectivity index (χ0v) is 11.6. The summed E-state index contributed by atoms with van der Waals surface area (Å²) in [5.41, 5.74) is 5.79. The molecule has 1 aliphatic carbocycles. The molecule has 2 aromatic heterocycles. The number of hydrogen-bond acceptors (Lipinski definition) is 7. The van der Waals surface area contributed by atoms with Crippen LogP contribution in [-0.2, 0) is 5.54 Å². The first-order valence-electron chi connectivity index (χ1n) is 6.85. The van der Waals surface area contributed by atoms with Crippen LogP contribution in [0.3, 0.4) is 0 Å². The van der Waals surface area contributed by atoms with E-state index in [9.17, 15) is 10.1 Å². The Hall–Kier alpha value is -2.22. The summed E-state index contributed by atoms with van der Waals surface area (Å²) in [4.78, 5) is 14.3. The van der Waals surface area contributed by atoms with E-state index in [1.165, 1.54) is 12.1 Å². The van der Waals surface area contributed by atoms with E-state index in [2.05, 4.69) is 17.1 Å². The monoisotopic (exact) mass is 292 g/mol.